The van der Waals surface area contributed by atoms with Crippen LogP contribution in [0.3, 0.4) is 0 Å². The summed E-state index contributed by atoms with van der Waals surface area (Å²) in [6, 6.07) is 4.35. The maximum absolute atomic E-state index is 13.6. The summed E-state index contributed by atoms with van der Waals surface area (Å²) in [7, 11) is 0. The molecule has 0 radical (unpaired) electrons. The Hall–Kier alpha value is -3.06. The van der Waals surface area contributed by atoms with Gasteiger partial charge in [0.15, 0.2) is 0 Å². The van der Waals surface area contributed by atoms with Crippen LogP contribution in [-0.2, 0) is 11.2 Å². The number of amides is 1. The van der Waals surface area contributed by atoms with Crippen LogP contribution in [0, 0.1) is 11.3 Å². The van der Waals surface area contributed by atoms with Gasteiger partial charge in [-0.2, -0.15) is 5.26 Å². The second-order valence-electron chi connectivity index (χ2n) is 9.02. The number of carbonyl (C=O) groups is 1. The zero-order chi connectivity index (χ0) is 23.0. The van der Waals surface area contributed by atoms with Crippen LogP contribution in [0.2, 0.25) is 0 Å². The van der Waals surface area contributed by atoms with Crippen LogP contribution >= 0.6 is 0 Å². The highest BCUT2D eigenvalue weighted by Crippen LogP contribution is 2.33. The minimum atomic E-state index is -2.69. The van der Waals surface area contributed by atoms with Crippen LogP contribution in [-0.4, -0.2) is 73.9 Å². The number of nitrogens with one attached hydrogen (secondary N) is 1. The highest BCUT2D eigenvalue weighted by molar-refractivity contribution is 6.01. The van der Waals surface area contributed by atoms with Crippen molar-refractivity contribution in [1.29, 1.82) is 5.26 Å². The fourth-order valence-corrected chi connectivity index (χ4v) is 5.10. The predicted octanol–water partition coefficient (Wildman–Crippen LogP) is 3.26. The summed E-state index contributed by atoms with van der Waals surface area (Å²) < 4.78 is 29.3. The molecule has 0 saturated carbocycles. The van der Waals surface area contributed by atoms with Crippen LogP contribution < -0.4 is 0 Å². The number of aromatic nitrogens is 4. The minimum Gasteiger partial charge on any atom is -0.346 e. The van der Waals surface area contributed by atoms with E-state index in [1.165, 1.54) is 4.90 Å². The van der Waals surface area contributed by atoms with Crippen molar-refractivity contribution in [3.63, 3.8) is 0 Å². The van der Waals surface area contributed by atoms with Gasteiger partial charge in [-0.25, -0.2) is 18.7 Å². The van der Waals surface area contributed by atoms with E-state index in [4.69, 9.17) is 10.2 Å². The largest absolute Gasteiger partial charge is 0.346 e. The van der Waals surface area contributed by atoms with E-state index >= 15 is 0 Å². The molecule has 0 aromatic carbocycles. The molecule has 174 valence electrons. The van der Waals surface area contributed by atoms with Crippen molar-refractivity contribution in [1.82, 2.24) is 29.3 Å². The van der Waals surface area contributed by atoms with Gasteiger partial charge in [-0.1, -0.05) is 0 Å². The first-order valence-corrected chi connectivity index (χ1v) is 11.5. The lowest BCUT2D eigenvalue weighted by atomic mass is 10.0. The van der Waals surface area contributed by atoms with Gasteiger partial charge in [0.2, 0.25) is 5.91 Å². The van der Waals surface area contributed by atoms with E-state index in [1.54, 1.807) is 6.20 Å². The molecule has 0 aliphatic carbocycles. The van der Waals surface area contributed by atoms with Crippen LogP contribution in [0.4, 0.5) is 8.78 Å². The standard InChI is InChI=1S/C23H27F2N7O/c24-23(25)5-12-31(13-6-23)20(33)14-19-29-18-15-28-22-17(2-8-27-22)21(18)32(19)16-3-10-30(11-4-16)9-1-7-26/h2,8,15-16H,1,3-6,9-14H2,(H,27,28). The van der Waals surface area contributed by atoms with Crippen molar-refractivity contribution < 1.29 is 13.6 Å². The molecule has 3 aromatic rings. The number of aromatic amines is 1. The Morgan fingerprint density at radius 1 is 1.24 bits per heavy atom. The van der Waals surface area contributed by atoms with Crippen LogP contribution in [0.15, 0.2) is 18.5 Å². The number of alkyl halides is 2. The summed E-state index contributed by atoms with van der Waals surface area (Å²) in [5.41, 5.74) is 2.47. The van der Waals surface area contributed by atoms with E-state index in [-0.39, 0.29) is 44.3 Å². The molecule has 1 amide bonds. The van der Waals surface area contributed by atoms with E-state index in [0.29, 0.717) is 12.2 Å². The molecule has 8 nitrogen and oxygen atoms in total. The van der Waals surface area contributed by atoms with Gasteiger partial charge in [0.1, 0.15) is 17.0 Å². The molecule has 5 heterocycles. The zero-order valence-electron chi connectivity index (χ0n) is 18.4. The van der Waals surface area contributed by atoms with Crippen molar-refractivity contribution in [2.24, 2.45) is 0 Å². The number of imidazole rings is 1. The summed E-state index contributed by atoms with van der Waals surface area (Å²) in [4.78, 5) is 29.3. The molecule has 0 bridgehead atoms. The number of piperidine rings is 2. The molecule has 2 saturated heterocycles. The number of H-pyrrole nitrogens is 1. The fraction of sp³-hybridized carbons (Fsp3) is 0.565. The van der Waals surface area contributed by atoms with Gasteiger partial charge in [-0.15, -0.1) is 0 Å². The minimum absolute atomic E-state index is 0.0763. The molecule has 5 rings (SSSR count). The lowest BCUT2D eigenvalue weighted by Gasteiger charge is -2.34. The van der Waals surface area contributed by atoms with Crippen molar-refractivity contribution in [2.75, 3.05) is 32.7 Å². The number of hydrogen-bond donors (Lipinski definition) is 1. The van der Waals surface area contributed by atoms with Crippen molar-refractivity contribution >= 4 is 28.0 Å². The first-order chi connectivity index (χ1) is 15.9. The molecular formula is C23H27F2N7O. The molecule has 0 unspecified atom stereocenters. The summed E-state index contributed by atoms with van der Waals surface area (Å²) in [5, 5.41) is 9.84. The van der Waals surface area contributed by atoms with Crippen LogP contribution in [0.25, 0.3) is 22.1 Å². The van der Waals surface area contributed by atoms with Gasteiger partial charge in [0.25, 0.3) is 5.92 Å². The normalized spacial score (nSPS) is 19.8. The first kappa shape index (κ1) is 21.8. The highest BCUT2D eigenvalue weighted by Gasteiger charge is 2.36. The molecular weight excluding hydrogens is 428 g/mol. The second kappa shape index (κ2) is 8.71. The van der Waals surface area contributed by atoms with E-state index < -0.39 is 5.92 Å². The van der Waals surface area contributed by atoms with E-state index in [9.17, 15) is 13.6 Å². The molecule has 2 fully saturated rings. The zero-order valence-corrected chi connectivity index (χ0v) is 18.4. The number of fused-ring (bicyclic) bond motifs is 3. The summed E-state index contributed by atoms with van der Waals surface area (Å²) >= 11 is 0. The molecule has 0 atom stereocenters. The monoisotopic (exact) mass is 455 g/mol. The van der Waals surface area contributed by atoms with Crippen molar-refractivity contribution in [3.8, 4) is 6.07 Å². The van der Waals surface area contributed by atoms with Crippen LogP contribution in [0.5, 0.6) is 0 Å². The average Bonchev–Trinajstić information content (AvgIpc) is 3.42. The van der Waals surface area contributed by atoms with Gasteiger partial charge in [-0.3, -0.25) is 4.79 Å². The Kier molecular flexibility index (Phi) is 5.74. The number of hydrogen-bond acceptors (Lipinski definition) is 5. The van der Waals surface area contributed by atoms with E-state index in [0.717, 1.165) is 54.5 Å². The lowest BCUT2D eigenvalue weighted by molar-refractivity contribution is -0.136. The van der Waals surface area contributed by atoms with Gasteiger partial charge >= 0.3 is 0 Å². The molecule has 10 heteroatoms. The summed E-state index contributed by atoms with van der Waals surface area (Å²) in [5.74, 6) is -2.18. The predicted molar refractivity (Wildman–Crippen MR) is 119 cm³/mol. The molecule has 3 aromatic heterocycles. The Bertz CT molecular complexity index is 1190. The SMILES string of the molecule is N#CCCN1CCC(n2c(CC(=O)N3CCC(F)(F)CC3)nc3cnc4[nH]ccc4c32)CC1. The number of nitriles is 1. The maximum atomic E-state index is 13.6. The Morgan fingerprint density at radius 3 is 2.73 bits per heavy atom. The third-order valence-corrected chi connectivity index (χ3v) is 6.93. The van der Waals surface area contributed by atoms with Gasteiger partial charge in [0, 0.05) is 69.6 Å². The maximum Gasteiger partial charge on any atom is 0.251 e. The average molecular weight is 456 g/mol. The third kappa shape index (κ3) is 4.29. The molecule has 1 N–H and O–H groups in total. The Labute approximate surface area is 190 Å². The molecule has 33 heavy (non-hydrogen) atoms. The third-order valence-electron chi connectivity index (χ3n) is 6.93. The highest BCUT2D eigenvalue weighted by atomic mass is 19.3. The lowest BCUT2D eigenvalue weighted by Crippen LogP contribution is -2.43. The van der Waals surface area contributed by atoms with E-state index in [1.807, 2.05) is 12.3 Å². The second-order valence-corrected chi connectivity index (χ2v) is 9.02. The fourth-order valence-electron chi connectivity index (χ4n) is 5.10. The topological polar surface area (TPSA) is 93.8 Å². The van der Waals surface area contributed by atoms with Gasteiger partial charge in [-0.05, 0) is 18.9 Å². The quantitative estimate of drug-likeness (QED) is 0.637. The number of pyridine rings is 1. The smallest absolute Gasteiger partial charge is 0.251 e. The Balaban J connectivity index is 1.45. The summed E-state index contributed by atoms with van der Waals surface area (Å²) in [6.45, 7) is 2.68. The molecule has 2 aliphatic rings. The molecule has 0 spiro atoms. The summed E-state index contributed by atoms with van der Waals surface area (Å²) in [6.07, 6.45) is 5.38. The number of nitrogens with zero attached hydrogens (tertiary/aromatic N) is 6. The van der Waals surface area contributed by atoms with Crippen molar-refractivity contribution in [2.45, 2.75) is 50.5 Å². The number of carbonyl (C=O) groups excluding carboxylic acids is 1. The molecule has 2 aliphatic heterocycles. The van der Waals surface area contributed by atoms with Gasteiger partial charge < -0.3 is 19.4 Å². The van der Waals surface area contributed by atoms with Crippen molar-refractivity contribution in [3.05, 3.63) is 24.3 Å². The number of likely N-dealkylation sites (tertiary alicyclic amines) is 2. The Morgan fingerprint density at radius 2 is 2.00 bits per heavy atom. The number of rotatable bonds is 5. The van der Waals surface area contributed by atoms with Gasteiger partial charge in [0.05, 0.1) is 24.2 Å². The number of halogens is 2. The van der Waals surface area contributed by atoms with Crippen LogP contribution in [0.1, 0.15) is 44.0 Å². The van der Waals surface area contributed by atoms with E-state index in [2.05, 4.69) is 25.5 Å². The first-order valence-electron chi connectivity index (χ1n) is 11.5.